The van der Waals surface area contributed by atoms with Crippen LogP contribution in [0.25, 0.3) is 11.0 Å². The molecule has 0 radical (unpaired) electrons. The minimum atomic E-state index is -0.949. The highest BCUT2D eigenvalue weighted by molar-refractivity contribution is 5.99. The highest BCUT2D eigenvalue weighted by Crippen LogP contribution is 2.28. The van der Waals surface area contributed by atoms with Gasteiger partial charge < -0.3 is 19.2 Å². The third-order valence-electron chi connectivity index (χ3n) is 4.19. The Morgan fingerprint density at radius 2 is 2.13 bits per heavy atom. The number of carboxylic acid groups (broad SMARTS) is 1. The van der Waals surface area contributed by atoms with Gasteiger partial charge in [0.1, 0.15) is 5.58 Å². The summed E-state index contributed by atoms with van der Waals surface area (Å²) in [7, 11) is 0. The van der Waals surface area contributed by atoms with Crippen LogP contribution in [0.4, 0.5) is 0 Å². The number of carbonyl (C=O) groups excluding carboxylic acids is 1. The molecule has 122 valence electrons. The van der Waals surface area contributed by atoms with Gasteiger partial charge in [0.05, 0.1) is 25.7 Å². The molecule has 1 aliphatic heterocycles. The zero-order valence-electron chi connectivity index (χ0n) is 13.2. The fourth-order valence-electron chi connectivity index (χ4n) is 2.96. The Bertz CT molecular complexity index is 764. The molecule has 2 heterocycles. The highest BCUT2D eigenvalue weighted by Gasteiger charge is 2.32. The van der Waals surface area contributed by atoms with Crippen LogP contribution >= 0.6 is 0 Å². The maximum Gasteiger partial charge on any atom is 0.305 e. The molecule has 1 unspecified atom stereocenters. The van der Waals surface area contributed by atoms with Gasteiger partial charge in [0, 0.05) is 17.5 Å². The fraction of sp³-hybridized carbons (Fsp3) is 0.412. The van der Waals surface area contributed by atoms with Crippen LogP contribution in [-0.2, 0) is 9.53 Å². The van der Waals surface area contributed by atoms with Gasteiger partial charge in [-0.25, -0.2) is 0 Å². The number of morpholine rings is 1. The molecule has 1 amide bonds. The monoisotopic (exact) mass is 317 g/mol. The predicted octanol–water partition coefficient (Wildman–Crippen LogP) is 2.37. The molecule has 6 heteroatoms. The van der Waals surface area contributed by atoms with Gasteiger partial charge in [-0.15, -0.1) is 0 Å². The van der Waals surface area contributed by atoms with Crippen LogP contribution in [0.3, 0.4) is 0 Å². The molecule has 1 atom stereocenters. The van der Waals surface area contributed by atoms with E-state index >= 15 is 0 Å². The lowest BCUT2D eigenvalue weighted by Crippen LogP contribution is -2.49. The summed E-state index contributed by atoms with van der Waals surface area (Å²) in [5.74, 6) is -0.941. The van der Waals surface area contributed by atoms with Crippen molar-refractivity contribution < 1.29 is 23.8 Å². The van der Waals surface area contributed by atoms with E-state index in [0.717, 1.165) is 16.5 Å². The van der Waals surface area contributed by atoms with Gasteiger partial charge in [-0.2, -0.15) is 0 Å². The molecule has 1 aromatic heterocycles. The van der Waals surface area contributed by atoms with Gasteiger partial charge in [0.2, 0.25) is 0 Å². The molecule has 0 aliphatic carbocycles. The first kappa shape index (κ1) is 15.6. The van der Waals surface area contributed by atoms with Gasteiger partial charge in [-0.3, -0.25) is 9.59 Å². The second kappa shape index (κ2) is 6.04. The van der Waals surface area contributed by atoms with Crippen molar-refractivity contribution in [1.29, 1.82) is 0 Å². The first-order chi connectivity index (χ1) is 11.0. The Labute approximate surface area is 133 Å². The van der Waals surface area contributed by atoms with Crippen LogP contribution in [0.5, 0.6) is 0 Å². The molecule has 0 bridgehead atoms. The average molecular weight is 317 g/mol. The fourth-order valence-corrected chi connectivity index (χ4v) is 2.96. The van der Waals surface area contributed by atoms with Crippen molar-refractivity contribution in [2.24, 2.45) is 0 Å². The number of hydrogen-bond donors (Lipinski definition) is 1. The lowest BCUT2D eigenvalue weighted by molar-refractivity contribution is -0.139. The molecule has 0 saturated carbocycles. The number of fused-ring (bicyclic) bond motifs is 1. The van der Waals surface area contributed by atoms with Gasteiger partial charge >= 0.3 is 5.97 Å². The molecule has 1 aliphatic rings. The number of rotatable bonds is 3. The highest BCUT2D eigenvalue weighted by atomic mass is 16.5. The normalized spacial score (nSPS) is 18.3. The Kier molecular flexibility index (Phi) is 4.09. The summed E-state index contributed by atoms with van der Waals surface area (Å²) in [6.07, 6.45) is -0.135. The molecule has 1 aromatic carbocycles. The first-order valence-electron chi connectivity index (χ1n) is 7.57. The van der Waals surface area contributed by atoms with Crippen LogP contribution in [-0.4, -0.2) is 47.7 Å². The topological polar surface area (TPSA) is 80.0 Å². The molecule has 3 rings (SSSR count). The molecule has 6 nitrogen and oxygen atoms in total. The van der Waals surface area contributed by atoms with E-state index < -0.39 is 12.0 Å². The van der Waals surface area contributed by atoms with Crippen molar-refractivity contribution in [2.45, 2.75) is 26.3 Å². The van der Waals surface area contributed by atoms with E-state index in [0.29, 0.717) is 18.7 Å². The van der Waals surface area contributed by atoms with Crippen LogP contribution in [0.15, 0.2) is 22.6 Å². The van der Waals surface area contributed by atoms with E-state index in [2.05, 4.69) is 0 Å². The van der Waals surface area contributed by atoms with E-state index in [1.807, 2.05) is 32.0 Å². The van der Waals surface area contributed by atoms with Crippen LogP contribution in [0.1, 0.15) is 28.1 Å². The van der Waals surface area contributed by atoms with Crippen molar-refractivity contribution in [1.82, 2.24) is 4.90 Å². The summed E-state index contributed by atoms with van der Waals surface area (Å²) < 4.78 is 11.1. The third kappa shape index (κ3) is 2.94. The Morgan fingerprint density at radius 3 is 2.87 bits per heavy atom. The molecule has 2 aromatic rings. The van der Waals surface area contributed by atoms with E-state index in [9.17, 15) is 9.59 Å². The average Bonchev–Trinajstić information content (AvgIpc) is 2.83. The third-order valence-corrected chi connectivity index (χ3v) is 4.19. The van der Waals surface area contributed by atoms with Crippen LogP contribution < -0.4 is 0 Å². The lowest BCUT2D eigenvalue weighted by Gasteiger charge is -2.34. The van der Waals surface area contributed by atoms with E-state index in [1.165, 1.54) is 0 Å². The number of ether oxygens (including phenoxy) is 1. The second-order valence-corrected chi connectivity index (χ2v) is 5.88. The molecule has 0 spiro atoms. The van der Waals surface area contributed by atoms with Gasteiger partial charge in [-0.05, 0) is 25.5 Å². The number of hydrogen-bond acceptors (Lipinski definition) is 4. The quantitative estimate of drug-likeness (QED) is 0.940. The number of aliphatic carboxylic acids is 1. The van der Waals surface area contributed by atoms with Gasteiger partial charge in [0.25, 0.3) is 5.91 Å². The maximum absolute atomic E-state index is 12.9. The van der Waals surface area contributed by atoms with Crippen molar-refractivity contribution in [3.05, 3.63) is 35.1 Å². The minimum Gasteiger partial charge on any atom is -0.481 e. The van der Waals surface area contributed by atoms with Crippen molar-refractivity contribution in [3.8, 4) is 0 Å². The van der Waals surface area contributed by atoms with Crippen molar-refractivity contribution >= 4 is 22.8 Å². The smallest absolute Gasteiger partial charge is 0.305 e. The molecule has 1 N–H and O–H groups in total. The number of benzene rings is 1. The molecule has 1 fully saturated rings. The minimum absolute atomic E-state index is 0.135. The summed E-state index contributed by atoms with van der Waals surface area (Å²) >= 11 is 0. The second-order valence-electron chi connectivity index (χ2n) is 5.88. The number of aryl methyl sites for hydroxylation is 2. The molecule has 1 saturated heterocycles. The largest absolute Gasteiger partial charge is 0.481 e. The van der Waals surface area contributed by atoms with Crippen LogP contribution in [0.2, 0.25) is 0 Å². The van der Waals surface area contributed by atoms with Gasteiger partial charge in [0.15, 0.2) is 5.76 Å². The van der Waals surface area contributed by atoms with Gasteiger partial charge in [-0.1, -0.05) is 12.1 Å². The van der Waals surface area contributed by atoms with Crippen molar-refractivity contribution in [2.75, 3.05) is 19.8 Å². The van der Waals surface area contributed by atoms with E-state index in [-0.39, 0.29) is 24.7 Å². The summed E-state index contributed by atoms with van der Waals surface area (Å²) in [4.78, 5) is 25.4. The van der Waals surface area contributed by atoms with E-state index in [4.69, 9.17) is 14.3 Å². The maximum atomic E-state index is 12.9. The molecular formula is C17H19NO5. The SMILES string of the molecule is Cc1ccc2c(C)c(C(=O)N3CCOCC3CC(=O)O)oc2c1. The Morgan fingerprint density at radius 1 is 1.35 bits per heavy atom. The number of carboxylic acids is 1. The standard InChI is InChI=1S/C17H19NO5/c1-10-3-4-13-11(2)16(23-14(13)7-10)17(21)18-5-6-22-9-12(18)8-15(19)20/h3-4,7,12H,5-6,8-9H2,1-2H3,(H,19,20). The summed E-state index contributed by atoms with van der Waals surface area (Å²) in [6.45, 7) is 4.81. The summed E-state index contributed by atoms with van der Waals surface area (Å²) in [5, 5.41) is 9.92. The van der Waals surface area contributed by atoms with Crippen molar-refractivity contribution in [3.63, 3.8) is 0 Å². The summed E-state index contributed by atoms with van der Waals surface area (Å²) in [6, 6.07) is 5.34. The number of amides is 1. The zero-order chi connectivity index (χ0) is 16.6. The summed E-state index contributed by atoms with van der Waals surface area (Å²) in [5.41, 5.74) is 2.51. The predicted molar refractivity (Wildman–Crippen MR) is 83.6 cm³/mol. The number of nitrogens with zero attached hydrogens (tertiary/aromatic N) is 1. The Balaban J connectivity index is 1.95. The zero-order valence-corrected chi connectivity index (χ0v) is 13.2. The lowest BCUT2D eigenvalue weighted by atomic mass is 10.1. The molecular weight excluding hydrogens is 298 g/mol. The first-order valence-corrected chi connectivity index (χ1v) is 7.57. The number of carbonyl (C=O) groups is 2. The number of furan rings is 1. The molecule has 23 heavy (non-hydrogen) atoms. The van der Waals surface area contributed by atoms with E-state index in [1.54, 1.807) is 4.90 Å². The Hall–Kier alpha value is -2.34. The van der Waals surface area contributed by atoms with Crippen LogP contribution in [0, 0.1) is 13.8 Å².